The molecule has 0 spiro atoms. The molecule has 0 bridgehead atoms. The smallest absolute Gasteiger partial charge is 0.193 e. The van der Waals surface area contributed by atoms with Gasteiger partial charge in [-0.1, -0.05) is 19.3 Å². The van der Waals surface area contributed by atoms with Crippen LogP contribution in [0, 0.1) is 0 Å². The lowest BCUT2D eigenvalue weighted by molar-refractivity contribution is -0.121. The van der Waals surface area contributed by atoms with Gasteiger partial charge < -0.3 is 20.1 Å². The van der Waals surface area contributed by atoms with Crippen molar-refractivity contribution in [2.75, 3.05) is 45.9 Å². The highest BCUT2D eigenvalue weighted by Gasteiger charge is 2.42. The molecule has 0 aromatic carbocycles. The fourth-order valence-electron chi connectivity index (χ4n) is 4.93. The number of ether oxygens (including phenoxy) is 1. The minimum absolute atomic E-state index is 0.0695. The van der Waals surface area contributed by atoms with E-state index in [4.69, 9.17) is 9.73 Å². The van der Waals surface area contributed by atoms with Crippen LogP contribution in [-0.4, -0.2) is 84.0 Å². The van der Waals surface area contributed by atoms with E-state index in [1.54, 1.807) is 0 Å². The number of aliphatic imine (C=N–C) groups is 1. The Morgan fingerprint density at radius 2 is 1.85 bits per heavy atom. The van der Waals surface area contributed by atoms with Crippen LogP contribution >= 0.6 is 0 Å². The van der Waals surface area contributed by atoms with Gasteiger partial charge in [-0.2, -0.15) is 0 Å². The predicted molar refractivity (Wildman–Crippen MR) is 110 cm³/mol. The van der Waals surface area contributed by atoms with Gasteiger partial charge in [-0.3, -0.25) is 9.89 Å². The first kappa shape index (κ1) is 20.9. The van der Waals surface area contributed by atoms with Gasteiger partial charge in [-0.05, 0) is 46.5 Å². The Labute approximate surface area is 165 Å². The molecule has 1 saturated carbocycles. The van der Waals surface area contributed by atoms with Gasteiger partial charge in [0, 0.05) is 38.3 Å². The summed E-state index contributed by atoms with van der Waals surface area (Å²) in [5.74, 6) is 1.03. The van der Waals surface area contributed by atoms with E-state index in [-0.39, 0.29) is 17.2 Å². The molecule has 156 valence electrons. The van der Waals surface area contributed by atoms with Gasteiger partial charge >= 0.3 is 0 Å². The average molecular weight is 381 g/mol. The maximum absolute atomic E-state index is 9.83. The third kappa shape index (κ3) is 5.36. The van der Waals surface area contributed by atoms with Crippen LogP contribution in [0.1, 0.15) is 65.7 Å². The zero-order chi connectivity index (χ0) is 19.3. The van der Waals surface area contributed by atoms with Gasteiger partial charge in [-0.15, -0.1) is 0 Å². The van der Waals surface area contributed by atoms with E-state index in [9.17, 15) is 5.11 Å². The molecular formula is C21H40N4O2. The van der Waals surface area contributed by atoms with E-state index in [2.05, 4.69) is 35.9 Å². The summed E-state index contributed by atoms with van der Waals surface area (Å²) in [6.07, 6.45) is 7.97. The molecule has 2 N–H and O–H groups in total. The summed E-state index contributed by atoms with van der Waals surface area (Å²) < 4.78 is 5.98. The Kier molecular flexibility index (Phi) is 7.03. The molecule has 0 atom stereocenters. The third-order valence-corrected chi connectivity index (χ3v) is 6.50. The Hall–Kier alpha value is -0.850. The van der Waals surface area contributed by atoms with Crippen molar-refractivity contribution in [2.45, 2.75) is 83.0 Å². The normalized spacial score (nSPS) is 27.6. The highest BCUT2D eigenvalue weighted by atomic mass is 16.5. The second-order valence-electron chi connectivity index (χ2n) is 9.20. The molecular weight excluding hydrogens is 340 g/mol. The molecule has 0 aromatic rings. The standard InChI is InChI=1S/C21H40N4O2/c1-4-22-19(24-12-8-18(26)9-13-24)23-16-21(10-6-5-7-11-21)25-14-15-27-20(2,3)17-25/h18,26H,4-17H2,1-3H3,(H,22,23). The van der Waals surface area contributed by atoms with Gasteiger partial charge in [0.2, 0.25) is 0 Å². The third-order valence-electron chi connectivity index (χ3n) is 6.50. The largest absolute Gasteiger partial charge is 0.393 e. The molecule has 6 heteroatoms. The fourth-order valence-corrected chi connectivity index (χ4v) is 4.93. The van der Waals surface area contributed by atoms with E-state index < -0.39 is 0 Å². The number of hydrogen-bond donors (Lipinski definition) is 2. The Balaban J connectivity index is 1.75. The predicted octanol–water partition coefficient (Wildman–Crippen LogP) is 2.22. The Bertz CT molecular complexity index is 494. The first-order valence-corrected chi connectivity index (χ1v) is 11.0. The van der Waals surface area contributed by atoms with Crippen molar-refractivity contribution in [3.8, 4) is 0 Å². The number of morpholine rings is 1. The number of hydrogen-bond acceptors (Lipinski definition) is 4. The quantitative estimate of drug-likeness (QED) is 0.578. The van der Waals surface area contributed by atoms with Crippen LogP contribution < -0.4 is 5.32 Å². The van der Waals surface area contributed by atoms with Crippen LogP contribution in [0.3, 0.4) is 0 Å². The number of likely N-dealkylation sites (tertiary alicyclic amines) is 1. The number of piperidine rings is 1. The molecule has 1 aliphatic carbocycles. The van der Waals surface area contributed by atoms with E-state index in [1.807, 2.05) is 0 Å². The summed E-state index contributed by atoms with van der Waals surface area (Å²) >= 11 is 0. The molecule has 27 heavy (non-hydrogen) atoms. The van der Waals surface area contributed by atoms with Crippen LogP contribution in [0.2, 0.25) is 0 Å². The molecule has 3 rings (SSSR count). The molecule has 0 radical (unpaired) electrons. The van der Waals surface area contributed by atoms with Crippen molar-refractivity contribution in [3.05, 3.63) is 0 Å². The van der Waals surface area contributed by atoms with Crippen molar-refractivity contribution >= 4 is 5.96 Å². The molecule has 0 aromatic heterocycles. The summed E-state index contributed by atoms with van der Waals surface area (Å²) in [6.45, 7) is 12.9. The summed E-state index contributed by atoms with van der Waals surface area (Å²) in [6, 6.07) is 0. The van der Waals surface area contributed by atoms with Crippen molar-refractivity contribution < 1.29 is 9.84 Å². The molecule has 3 fully saturated rings. The Morgan fingerprint density at radius 3 is 2.48 bits per heavy atom. The van der Waals surface area contributed by atoms with E-state index in [0.717, 1.165) is 64.7 Å². The van der Waals surface area contributed by atoms with Crippen LogP contribution in [-0.2, 0) is 4.74 Å². The van der Waals surface area contributed by atoms with E-state index >= 15 is 0 Å². The molecule has 3 aliphatic rings. The number of nitrogens with zero attached hydrogens (tertiary/aromatic N) is 3. The molecule has 2 aliphatic heterocycles. The Morgan fingerprint density at radius 1 is 1.15 bits per heavy atom. The van der Waals surface area contributed by atoms with E-state index in [1.165, 1.54) is 32.1 Å². The number of aliphatic hydroxyl groups is 1. The fraction of sp³-hybridized carbons (Fsp3) is 0.952. The van der Waals surface area contributed by atoms with E-state index in [0.29, 0.717) is 0 Å². The lowest BCUT2D eigenvalue weighted by Crippen LogP contribution is -2.61. The monoisotopic (exact) mass is 380 g/mol. The lowest BCUT2D eigenvalue weighted by atomic mass is 9.79. The highest BCUT2D eigenvalue weighted by Crippen LogP contribution is 2.36. The van der Waals surface area contributed by atoms with Crippen LogP contribution in [0.5, 0.6) is 0 Å². The lowest BCUT2D eigenvalue weighted by Gasteiger charge is -2.51. The molecule has 2 heterocycles. The van der Waals surface area contributed by atoms with Crippen LogP contribution in [0.15, 0.2) is 4.99 Å². The first-order chi connectivity index (χ1) is 12.9. The molecule has 2 saturated heterocycles. The molecule has 0 amide bonds. The number of aliphatic hydroxyl groups excluding tert-OH is 1. The number of nitrogens with one attached hydrogen (secondary N) is 1. The van der Waals surface area contributed by atoms with Crippen molar-refractivity contribution in [3.63, 3.8) is 0 Å². The minimum atomic E-state index is -0.149. The summed E-state index contributed by atoms with van der Waals surface area (Å²) in [5.41, 5.74) is 0.106. The van der Waals surface area contributed by atoms with Crippen LogP contribution in [0.4, 0.5) is 0 Å². The summed E-state index contributed by atoms with van der Waals surface area (Å²) in [4.78, 5) is 10.2. The number of rotatable bonds is 4. The van der Waals surface area contributed by atoms with Gasteiger partial charge in [0.1, 0.15) is 0 Å². The maximum atomic E-state index is 9.83. The average Bonchev–Trinajstić information content (AvgIpc) is 2.66. The molecule has 6 nitrogen and oxygen atoms in total. The number of guanidine groups is 1. The summed E-state index contributed by atoms with van der Waals surface area (Å²) in [5, 5.41) is 13.3. The topological polar surface area (TPSA) is 60.3 Å². The SMILES string of the molecule is CCNC(=NCC1(N2CCOC(C)(C)C2)CCCCC1)N1CCC(O)CC1. The second-order valence-corrected chi connectivity index (χ2v) is 9.20. The maximum Gasteiger partial charge on any atom is 0.193 e. The minimum Gasteiger partial charge on any atom is -0.393 e. The second kappa shape index (κ2) is 9.10. The summed E-state index contributed by atoms with van der Waals surface area (Å²) in [7, 11) is 0. The zero-order valence-electron chi connectivity index (χ0n) is 17.7. The zero-order valence-corrected chi connectivity index (χ0v) is 17.7. The molecule has 0 unspecified atom stereocenters. The van der Waals surface area contributed by atoms with Gasteiger partial charge in [0.15, 0.2) is 5.96 Å². The highest BCUT2D eigenvalue weighted by molar-refractivity contribution is 5.80. The van der Waals surface area contributed by atoms with Gasteiger partial charge in [0.25, 0.3) is 0 Å². The van der Waals surface area contributed by atoms with Crippen molar-refractivity contribution in [2.24, 2.45) is 4.99 Å². The van der Waals surface area contributed by atoms with Gasteiger partial charge in [-0.25, -0.2) is 0 Å². The van der Waals surface area contributed by atoms with Crippen molar-refractivity contribution in [1.29, 1.82) is 0 Å². The van der Waals surface area contributed by atoms with Crippen molar-refractivity contribution in [1.82, 2.24) is 15.1 Å². The van der Waals surface area contributed by atoms with Crippen LogP contribution in [0.25, 0.3) is 0 Å². The van der Waals surface area contributed by atoms with Gasteiger partial charge in [0.05, 0.1) is 24.9 Å². The first-order valence-electron chi connectivity index (χ1n) is 11.0.